The number of nitrogens with one attached hydrogen (secondary N) is 8. The molecule has 12 nitrogen and oxygen atoms in total. The summed E-state index contributed by atoms with van der Waals surface area (Å²) in [5, 5.41) is 22.4. The first-order valence-corrected chi connectivity index (χ1v) is 22.2. The summed E-state index contributed by atoms with van der Waals surface area (Å²) in [5.41, 5.74) is 0. The molecule has 8 bridgehead atoms. The van der Waals surface area contributed by atoms with Gasteiger partial charge in [0.25, 0.3) is 0 Å². The van der Waals surface area contributed by atoms with Crippen molar-refractivity contribution in [1.29, 1.82) is 0 Å². The number of H-pyrrole nitrogens is 4. The Bertz CT molecular complexity index is 3310. The summed E-state index contributed by atoms with van der Waals surface area (Å²) in [4.78, 5) is 14.8. The zero-order valence-electron chi connectivity index (χ0n) is 36.1. The number of para-hydroxylation sites is 4. The van der Waals surface area contributed by atoms with Gasteiger partial charge >= 0.3 is 0 Å². The molecule has 8 N–H and O–H groups in total. The molecule has 328 valence electrons. The second-order valence-corrected chi connectivity index (χ2v) is 16.5. The number of hydrogen-bond donors (Lipinski definition) is 8. The van der Waals surface area contributed by atoms with Crippen molar-refractivity contribution in [3.05, 3.63) is 194 Å². The van der Waals surface area contributed by atoms with Gasteiger partial charge in [-0.3, -0.25) is 0 Å². The second-order valence-electron chi connectivity index (χ2n) is 16.5. The van der Waals surface area contributed by atoms with Crippen LogP contribution in [0.2, 0.25) is 0 Å². The van der Waals surface area contributed by atoms with Crippen LogP contribution in [0, 0.1) is 0 Å². The Kier molecular flexibility index (Phi) is 9.17. The normalized spacial score (nSPS) is 12.0. The summed E-state index contributed by atoms with van der Waals surface area (Å²) in [5.74, 6) is 11.7. The molecule has 1 aliphatic heterocycles. The average Bonchev–Trinajstić information content (AvgIpc) is 4.10. The van der Waals surface area contributed by atoms with E-state index in [-0.39, 0.29) is 0 Å². The molecule has 4 aromatic heterocycles. The Hall–Kier alpha value is -9.68. The van der Waals surface area contributed by atoms with E-state index in [4.69, 9.17) is 18.9 Å². The minimum atomic E-state index is 0.690. The summed E-state index contributed by atoms with van der Waals surface area (Å²) >= 11 is 0. The molecule has 0 fully saturated rings. The van der Waals surface area contributed by atoms with Crippen molar-refractivity contribution in [2.45, 2.75) is 0 Å². The van der Waals surface area contributed by atoms with E-state index in [0.717, 1.165) is 113 Å². The number of aromatic amines is 4. The fraction of sp³-hybridized carbons (Fsp3) is 0. The highest BCUT2D eigenvalue weighted by Gasteiger charge is 2.22. The minimum absolute atomic E-state index is 0.690. The van der Waals surface area contributed by atoms with Crippen LogP contribution >= 0.6 is 0 Å². The van der Waals surface area contributed by atoms with E-state index in [1.807, 2.05) is 170 Å². The van der Waals surface area contributed by atoms with Gasteiger partial charge in [0.05, 0.1) is 0 Å². The number of hydrogen-bond acceptors (Lipinski definition) is 8. The first-order valence-electron chi connectivity index (χ1n) is 22.2. The van der Waals surface area contributed by atoms with Gasteiger partial charge in [-0.2, -0.15) is 0 Å². The fourth-order valence-corrected chi connectivity index (χ4v) is 8.87. The lowest BCUT2D eigenvalue weighted by molar-refractivity contribution is 0.483. The van der Waals surface area contributed by atoms with Gasteiger partial charge in [-0.1, -0.05) is 72.8 Å². The molecule has 0 saturated carbocycles. The monoisotopic (exact) mass is 888 g/mol. The lowest BCUT2D eigenvalue weighted by Crippen LogP contribution is -1.97. The topological polar surface area (TPSA) is 148 Å². The summed E-state index contributed by atoms with van der Waals surface area (Å²) in [6, 6.07) is 63.5. The SMILES string of the molecule is c1ccc(Oc2ccc3c4[nH]c(c3c2)Nc2[nH]c(c3cc(Oc5ccccc5)ccc23)Nc2[nH]c(c3cc(Oc5ccccc5)ccc23)Nc2[nH]c(c3cc(Oc5ccccc5)ccc23)N4)cc1. The Balaban J connectivity index is 1.00. The molecule has 0 aliphatic carbocycles. The molecule has 12 heteroatoms. The molecule has 0 radical (unpaired) electrons. The van der Waals surface area contributed by atoms with Crippen molar-refractivity contribution in [3.8, 4) is 46.0 Å². The van der Waals surface area contributed by atoms with Crippen molar-refractivity contribution in [2.24, 2.45) is 0 Å². The van der Waals surface area contributed by atoms with Crippen LogP contribution in [0.25, 0.3) is 43.1 Å². The van der Waals surface area contributed by atoms with Crippen LogP contribution in [0.5, 0.6) is 46.0 Å². The van der Waals surface area contributed by atoms with E-state index in [1.165, 1.54) is 0 Å². The van der Waals surface area contributed by atoms with Gasteiger partial charge in [0.15, 0.2) is 0 Å². The third-order valence-electron chi connectivity index (χ3n) is 12.0. The number of rotatable bonds is 8. The van der Waals surface area contributed by atoms with E-state index in [0.29, 0.717) is 23.0 Å². The van der Waals surface area contributed by atoms with Crippen LogP contribution < -0.4 is 40.2 Å². The zero-order chi connectivity index (χ0) is 45.0. The number of fused-ring (bicyclic) bond motifs is 20. The Morgan fingerprint density at radius 2 is 0.397 bits per heavy atom. The highest BCUT2D eigenvalue weighted by Crippen LogP contribution is 2.45. The molecular formula is C56H40N8O4. The maximum atomic E-state index is 6.38. The van der Waals surface area contributed by atoms with Gasteiger partial charge in [0.2, 0.25) is 0 Å². The molecule has 68 heavy (non-hydrogen) atoms. The van der Waals surface area contributed by atoms with E-state index in [9.17, 15) is 0 Å². The first-order chi connectivity index (χ1) is 33.6. The number of ether oxygens (including phenoxy) is 4. The van der Waals surface area contributed by atoms with Crippen molar-refractivity contribution >= 4 is 89.6 Å². The molecule has 12 aromatic rings. The molecule has 0 saturated heterocycles. The summed E-state index contributed by atoms with van der Waals surface area (Å²) in [7, 11) is 0. The molecule has 0 unspecified atom stereocenters. The van der Waals surface area contributed by atoms with Crippen molar-refractivity contribution in [3.63, 3.8) is 0 Å². The predicted molar refractivity (Wildman–Crippen MR) is 272 cm³/mol. The van der Waals surface area contributed by atoms with Gasteiger partial charge in [-0.05, 0) is 121 Å². The number of anilines is 8. The lowest BCUT2D eigenvalue weighted by atomic mass is 10.1. The van der Waals surface area contributed by atoms with Crippen molar-refractivity contribution < 1.29 is 18.9 Å². The van der Waals surface area contributed by atoms with Crippen LogP contribution in [0.3, 0.4) is 0 Å². The highest BCUT2D eigenvalue weighted by atomic mass is 16.5. The highest BCUT2D eigenvalue weighted by molar-refractivity contribution is 6.12. The lowest BCUT2D eigenvalue weighted by Gasteiger charge is -2.08. The minimum Gasteiger partial charge on any atom is -0.457 e. The van der Waals surface area contributed by atoms with E-state index >= 15 is 0 Å². The standard InChI is InChI=1S/C56H40N8O4/c1-5-13-33(14-6-1)65-37-21-25-41-45(29-37)53-57-49(41)62-54-47-31-39(67-35-17-9-3-10-18-35)23-27-43(47)51(59-54)64-56-48-32-40(68-36-19-11-4-12-20-36)24-28-44(48)52(60-56)63-55-46-30-38(66-34-15-7-2-8-16-34)22-26-42(46)50(58-55)61-53/h1-32,57-64H. The van der Waals surface area contributed by atoms with Crippen LogP contribution in [0.4, 0.5) is 46.5 Å². The maximum absolute atomic E-state index is 6.38. The molecule has 0 spiro atoms. The predicted octanol–water partition coefficient (Wildman–Crippen LogP) is 16.1. The van der Waals surface area contributed by atoms with Gasteiger partial charge < -0.3 is 60.2 Å². The zero-order valence-corrected chi connectivity index (χ0v) is 36.1. The molecule has 1 aliphatic rings. The molecular weight excluding hydrogens is 849 g/mol. The molecule has 0 amide bonds. The third kappa shape index (κ3) is 7.24. The van der Waals surface area contributed by atoms with Crippen LogP contribution in [-0.2, 0) is 0 Å². The molecule has 5 heterocycles. The Labute approximate surface area is 388 Å². The molecule has 13 rings (SSSR count). The summed E-state index contributed by atoms with van der Waals surface area (Å²) in [6.45, 7) is 0. The van der Waals surface area contributed by atoms with E-state index in [1.54, 1.807) is 0 Å². The van der Waals surface area contributed by atoms with Gasteiger partial charge in [0, 0.05) is 43.1 Å². The Morgan fingerprint density at radius 1 is 0.191 bits per heavy atom. The summed E-state index contributed by atoms with van der Waals surface area (Å²) in [6.07, 6.45) is 0. The van der Waals surface area contributed by atoms with Gasteiger partial charge in [-0.15, -0.1) is 0 Å². The quantitative estimate of drug-likeness (QED) is 0.0752. The van der Waals surface area contributed by atoms with Crippen molar-refractivity contribution in [2.75, 3.05) is 21.3 Å². The third-order valence-corrected chi connectivity index (χ3v) is 12.0. The van der Waals surface area contributed by atoms with Crippen molar-refractivity contribution in [1.82, 2.24) is 19.9 Å². The fourth-order valence-electron chi connectivity index (χ4n) is 8.87. The van der Waals surface area contributed by atoms with E-state index in [2.05, 4.69) is 65.5 Å². The van der Waals surface area contributed by atoms with Gasteiger partial charge in [-0.25, -0.2) is 0 Å². The second kappa shape index (κ2) is 16.1. The van der Waals surface area contributed by atoms with Crippen LogP contribution in [0.15, 0.2) is 194 Å². The Morgan fingerprint density at radius 3 is 0.618 bits per heavy atom. The molecule has 0 atom stereocenters. The largest absolute Gasteiger partial charge is 0.457 e. The number of aromatic nitrogens is 4. The average molecular weight is 889 g/mol. The van der Waals surface area contributed by atoms with Gasteiger partial charge in [0.1, 0.15) is 92.5 Å². The molecule has 8 aromatic carbocycles. The number of benzene rings is 8. The van der Waals surface area contributed by atoms with Crippen LogP contribution in [0.1, 0.15) is 0 Å². The smallest absolute Gasteiger partial charge is 0.128 e. The maximum Gasteiger partial charge on any atom is 0.128 e. The first kappa shape index (κ1) is 38.8. The summed E-state index contributed by atoms with van der Waals surface area (Å²) < 4.78 is 25.5. The van der Waals surface area contributed by atoms with E-state index < -0.39 is 0 Å². The van der Waals surface area contributed by atoms with Crippen LogP contribution in [-0.4, -0.2) is 19.9 Å².